The summed E-state index contributed by atoms with van der Waals surface area (Å²) in [7, 11) is 1.63. The fourth-order valence-corrected chi connectivity index (χ4v) is 2.26. The Kier molecular flexibility index (Phi) is 6.88. The summed E-state index contributed by atoms with van der Waals surface area (Å²) >= 11 is 0. The third-order valence-electron chi connectivity index (χ3n) is 4.44. The molecule has 0 heterocycles. The molecule has 2 N–H and O–H groups in total. The van der Waals surface area contributed by atoms with Gasteiger partial charge in [-0.2, -0.15) is 0 Å². The van der Waals surface area contributed by atoms with Crippen molar-refractivity contribution >= 4 is 5.91 Å². The molecule has 1 amide bonds. The van der Waals surface area contributed by atoms with Gasteiger partial charge in [0.25, 0.3) is 0 Å². The van der Waals surface area contributed by atoms with Gasteiger partial charge in [0.2, 0.25) is 5.91 Å². The molecule has 4 nitrogen and oxygen atoms in total. The van der Waals surface area contributed by atoms with E-state index in [0.29, 0.717) is 6.42 Å². The predicted molar refractivity (Wildman–Crippen MR) is 89.0 cm³/mol. The van der Waals surface area contributed by atoms with Crippen molar-refractivity contribution in [2.24, 2.45) is 11.8 Å². The number of hydrogen-bond donors (Lipinski definition) is 2. The van der Waals surface area contributed by atoms with Gasteiger partial charge in [-0.25, -0.2) is 0 Å². The average molecular weight is 307 g/mol. The zero-order valence-corrected chi connectivity index (χ0v) is 14.3. The van der Waals surface area contributed by atoms with E-state index in [2.05, 4.69) is 5.32 Å². The Hall–Kier alpha value is -1.55. The fourth-order valence-electron chi connectivity index (χ4n) is 2.26. The van der Waals surface area contributed by atoms with E-state index in [9.17, 15) is 9.90 Å². The molecule has 124 valence electrons. The summed E-state index contributed by atoms with van der Waals surface area (Å²) in [4.78, 5) is 12.2. The first-order valence-electron chi connectivity index (χ1n) is 7.93. The van der Waals surface area contributed by atoms with E-state index in [1.165, 1.54) is 0 Å². The monoisotopic (exact) mass is 307 g/mol. The van der Waals surface area contributed by atoms with Gasteiger partial charge in [-0.15, -0.1) is 0 Å². The molecule has 1 rings (SSSR count). The molecule has 3 atom stereocenters. The highest BCUT2D eigenvalue weighted by Crippen LogP contribution is 2.19. The molecule has 0 spiro atoms. The van der Waals surface area contributed by atoms with E-state index in [4.69, 9.17) is 4.74 Å². The highest BCUT2D eigenvalue weighted by Gasteiger charge is 2.28. The van der Waals surface area contributed by atoms with Crippen molar-refractivity contribution in [2.45, 2.75) is 46.1 Å². The molecule has 0 aliphatic carbocycles. The minimum absolute atomic E-state index is 0.0283. The molecule has 1 aromatic rings. The number of amides is 1. The van der Waals surface area contributed by atoms with Crippen LogP contribution in [0, 0.1) is 11.8 Å². The molecule has 0 saturated carbocycles. The van der Waals surface area contributed by atoms with E-state index in [1.54, 1.807) is 14.0 Å². The van der Waals surface area contributed by atoms with E-state index in [0.717, 1.165) is 17.7 Å². The van der Waals surface area contributed by atoms with Crippen LogP contribution in [0.15, 0.2) is 24.3 Å². The molecule has 0 aliphatic rings. The number of carbonyl (C=O) groups is 1. The van der Waals surface area contributed by atoms with Crippen LogP contribution in [0.1, 0.15) is 39.7 Å². The van der Waals surface area contributed by atoms with Gasteiger partial charge < -0.3 is 15.2 Å². The fraction of sp³-hybridized carbons (Fsp3) is 0.611. The third kappa shape index (κ3) is 5.34. The van der Waals surface area contributed by atoms with Crippen molar-refractivity contribution in [3.05, 3.63) is 29.8 Å². The predicted octanol–water partition coefficient (Wildman–Crippen LogP) is 2.79. The first-order valence-corrected chi connectivity index (χ1v) is 7.93. The number of carbonyl (C=O) groups excluding carboxylic acids is 1. The van der Waals surface area contributed by atoms with Crippen molar-refractivity contribution in [3.63, 3.8) is 0 Å². The molecule has 3 unspecified atom stereocenters. The number of nitrogens with one attached hydrogen (secondary N) is 1. The van der Waals surface area contributed by atoms with Crippen molar-refractivity contribution < 1.29 is 14.6 Å². The summed E-state index contributed by atoms with van der Waals surface area (Å²) in [5.74, 6) is 0.788. The second-order valence-corrected chi connectivity index (χ2v) is 6.34. The molecule has 0 aromatic heterocycles. The highest BCUT2D eigenvalue weighted by atomic mass is 16.5. The number of benzene rings is 1. The average Bonchev–Trinajstić information content (AvgIpc) is 2.52. The Labute approximate surface area is 133 Å². The van der Waals surface area contributed by atoms with E-state index < -0.39 is 5.60 Å². The summed E-state index contributed by atoms with van der Waals surface area (Å²) in [6.07, 6.45) is 1.55. The van der Waals surface area contributed by atoms with Gasteiger partial charge in [-0.1, -0.05) is 39.3 Å². The molecule has 1 aromatic carbocycles. The van der Waals surface area contributed by atoms with Crippen LogP contribution in [-0.4, -0.2) is 30.3 Å². The maximum Gasteiger partial charge on any atom is 0.223 e. The van der Waals surface area contributed by atoms with Crippen molar-refractivity contribution in [3.8, 4) is 5.75 Å². The number of aliphatic hydroxyl groups is 1. The Bertz CT molecular complexity index is 468. The van der Waals surface area contributed by atoms with Crippen molar-refractivity contribution in [1.82, 2.24) is 5.32 Å². The first-order chi connectivity index (χ1) is 10.3. The lowest BCUT2D eigenvalue weighted by atomic mass is 9.88. The van der Waals surface area contributed by atoms with Crippen LogP contribution in [0.4, 0.5) is 0 Å². The minimum atomic E-state index is -0.871. The van der Waals surface area contributed by atoms with Gasteiger partial charge in [0, 0.05) is 12.5 Å². The Morgan fingerprint density at radius 2 is 1.91 bits per heavy atom. The molecular weight excluding hydrogens is 278 g/mol. The normalized spacial score (nSPS) is 16.5. The Morgan fingerprint density at radius 3 is 2.41 bits per heavy atom. The lowest BCUT2D eigenvalue weighted by Crippen LogP contribution is -2.46. The number of hydrogen-bond acceptors (Lipinski definition) is 3. The molecule has 0 bridgehead atoms. The second kappa shape index (κ2) is 8.18. The standard InChI is InChI=1S/C18H29NO3/c1-6-14(3)18(4,21)12-19-17(20)13(2)11-15-7-9-16(22-5)10-8-15/h7-10,13-14,21H,6,11-12H2,1-5H3,(H,19,20). The molecule has 4 heteroatoms. The molecule has 0 saturated heterocycles. The third-order valence-corrected chi connectivity index (χ3v) is 4.44. The summed E-state index contributed by atoms with van der Waals surface area (Å²) in [5, 5.41) is 13.2. The lowest BCUT2D eigenvalue weighted by molar-refractivity contribution is -0.126. The summed E-state index contributed by atoms with van der Waals surface area (Å²) in [6.45, 7) is 7.99. The van der Waals surface area contributed by atoms with Crippen LogP contribution < -0.4 is 10.1 Å². The Balaban J connectivity index is 2.51. The maximum absolute atomic E-state index is 12.2. The van der Waals surface area contributed by atoms with Gasteiger partial charge in [0.15, 0.2) is 0 Å². The quantitative estimate of drug-likeness (QED) is 0.776. The first kappa shape index (κ1) is 18.5. The van der Waals surface area contributed by atoms with Crippen LogP contribution in [0.25, 0.3) is 0 Å². The second-order valence-electron chi connectivity index (χ2n) is 6.34. The van der Waals surface area contributed by atoms with Gasteiger partial charge >= 0.3 is 0 Å². The minimum Gasteiger partial charge on any atom is -0.497 e. The van der Waals surface area contributed by atoms with Crippen LogP contribution in [0.5, 0.6) is 5.75 Å². The van der Waals surface area contributed by atoms with Crippen LogP contribution in [0.2, 0.25) is 0 Å². The number of rotatable bonds is 8. The smallest absolute Gasteiger partial charge is 0.223 e. The van der Waals surface area contributed by atoms with Gasteiger partial charge in [0.1, 0.15) is 5.75 Å². The number of ether oxygens (including phenoxy) is 1. The van der Waals surface area contributed by atoms with Crippen molar-refractivity contribution in [1.29, 1.82) is 0 Å². The summed E-state index contributed by atoms with van der Waals surface area (Å²) in [6, 6.07) is 7.73. The Morgan fingerprint density at radius 1 is 1.32 bits per heavy atom. The topological polar surface area (TPSA) is 58.6 Å². The van der Waals surface area contributed by atoms with E-state index >= 15 is 0 Å². The molecule has 22 heavy (non-hydrogen) atoms. The van der Waals surface area contributed by atoms with Gasteiger partial charge in [0.05, 0.1) is 12.7 Å². The molecule has 0 aliphatic heterocycles. The summed E-state index contributed by atoms with van der Waals surface area (Å²) < 4.78 is 5.12. The SMILES string of the molecule is CCC(C)C(C)(O)CNC(=O)C(C)Cc1ccc(OC)cc1. The van der Waals surface area contributed by atoms with Crippen LogP contribution >= 0.6 is 0 Å². The maximum atomic E-state index is 12.2. The summed E-state index contributed by atoms with van der Waals surface area (Å²) in [5.41, 5.74) is 0.224. The lowest BCUT2D eigenvalue weighted by Gasteiger charge is -2.30. The van der Waals surface area contributed by atoms with Crippen LogP contribution in [0.3, 0.4) is 0 Å². The highest BCUT2D eigenvalue weighted by molar-refractivity contribution is 5.78. The van der Waals surface area contributed by atoms with Gasteiger partial charge in [-0.3, -0.25) is 4.79 Å². The van der Waals surface area contributed by atoms with E-state index in [-0.39, 0.29) is 24.3 Å². The molecule has 0 fully saturated rings. The van der Waals surface area contributed by atoms with E-state index in [1.807, 2.05) is 45.0 Å². The van der Waals surface area contributed by atoms with Crippen LogP contribution in [-0.2, 0) is 11.2 Å². The van der Waals surface area contributed by atoms with Gasteiger partial charge in [-0.05, 0) is 37.0 Å². The zero-order valence-electron chi connectivity index (χ0n) is 14.3. The molecular formula is C18H29NO3. The zero-order chi connectivity index (χ0) is 16.8. The molecule has 0 radical (unpaired) electrons. The largest absolute Gasteiger partial charge is 0.497 e. The van der Waals surface area contributed by atoms with Crippen molar-refractivity contribution in [2.75, 3.05) is 13.7 Å². The number of methoxy groups -OCH3 is 1.